The number of fused-ring (bicyclic) bond motifs is 1. The molecule has 2 aromatic rings. The molecule has 6 heteroatoms. The van der Waals surface area contributed by atoms with Gasteiger partial charge in [0, 0.05) is 11.4 Å². The Labute approximate surface area is 176 Å². The number of hydrogen-bond donors (Lipinski definition) is 1. The molecule has 1 heterocycles. The van der Waals surface area contributed by atoms with E-state index in [2.05, 4.69) is 18.3 Å². The van der Waals surface area contributed by atoms with Crippen molar-refractivity contribution in [1.82, 2.24) is 4.98 Å². The lowest BCUT2D eigenvalue weighted by Gasteiger charge is -2.22. The molecule has 0 bridgehead atoms. The molecule has 1 aromatic heterocycles. The number of aromatic nitrogens is 1. The van der Waals surface area contributed by atoms with E-state index in [-0.39, 0.29) is 11.2 Å². The molecule has 152 valence electrons. The van der Waals surface area contributed by atoms with Crippen LogP contribution in [0.3, 0.4) is 0 Å². The molecule has 0 saturated carbocycles. The number of amides is 1. The van der Waals surface area contributed by atoms with E-state index >= 15 is 0 Å². The molecule has 1 N–H and O–H groups in total. The molecule has 2 atom stereocenters. The van der Waals surface area contributed by atoms with Crippen molar-refractivity contribution in [3.8, 4) is 11.8 Å². The van der Waals surface area contributed by atoms with E-state index in [1.54, 1.807) is 0 Å². The lowest BCUT2D eigenvalue weighted by molar-refractivity contribution is -0.115. The highest BCUT2D eigenvalue weighted by Crippen LogP contribution is 2.32. The highest BCUT2D eigenvalue weighted by Gasteiger charge is 2.24. The average Bonchev–Trinajstić information content (AvgIpc) is 2.73. The normalized spacial score (nSPS) is 16.4. The molecule has 0 radical (unpaired) electrons. The van der Waals surface area contributed by atoms with Gasteiger partial charge in [0.15, 0.2) is 0 Å². The van der Waals surface area contributed by atoms with Gasteiger partial charge in [-0.25, -0.2) is 4.98 Å². The molecule has 29 heavy (non-hydrogen) atoms. The van der Waals surface area contributed by atoms with Crippen molar-refractivity contribution in [2.45, 2.75) is 56.7 Å². The van der Waals surface area contributed by atoms with Crippen LogP contribution < -0.4 is 10.1 Å². The third-order valence-electron chi connectivity index (χ3n) is 5.07. The number of thioether (sulfide) groups is 1. The first-order valence-electron chi connectivity index (χ1n) is 10.2. The number of rotatable bonds is 7. The minimum absolute atomic E-state index is 0.0845. The van der Waals surface area contributed by atoms with Crippen molar-refractivity contribution >= 4 is 23.4 Å². The Morgan fingerprint density at radius 2 is 2.14 bits per heavy atom. The minimum Gasteiger partial charge on any atom is -0.494 e. The van der Waals surface area contributed by atoms with E-state index in [4.69, 9.17) is 9.72 Å². The van der Waals surface area contributed by atoms with Gasteiger partial charge in [0.25, 0.3) is 0 Å². The van der Waals surface area contributed by atoms with Crippen molar-refractivity contribution < 1.29 is 9.53 Å². The first-order chi connectivity index (χ1) is 14.0. The van der Waals surface area contributed by atoms with Gasteiger partial charge in [-0.2, -0.15) is 5.26 Å². The number of pyridine rings is 1. The molecule has 0 spiro atoms. The van der Waals surface area contributed by atoms with Crippen LogP contribution in [0.2, 0.25) is 0 Å². The maximum atomic E-state index is 12.8. The number of carbonyl (C=O) groups is 1. The largest absolute Gasteiger partial charge is 0.494 e. The van der Waals surface area contributed by atoms with Crippen molar-refractivity contribution in [1.29, 1.82) is 5.26 Å². The van der Waals surface area contributed by atoms with E-state index in [0.717, 1.165) is 36.4 Å². The lowest BCUT2D eigenvalue weighted by Crippen LogP contribution is -2.25. The second-order valence-electron chi connectivity index (χ2n) is 7.37. The predicted molar refractivity (Wildman–Crippen MR) is 116 cm³/mol. The molecule has 3 rings (SSSR count). The Kier molecular flexibility index (Phi) is 7.16. The first-order valence-corrected chi connectivity index (χ1v) is 11.0. The van der Waals surface area contributed by atoms with Crippen LogP contribution in [-0.2, 0) is 17.6 Å². The van der Waals surface area contributed by atoms with Crippen LogP contribution in [0.1, 0.15) is 50.4 Å². The summed E-state index contributed by atoms with van der Waals surface area (Å²) in [6.07, 6.45) is 3.67. The fourth-order valence-corrected chi connectivity index (χ4v) is 4.48. The van der Waals surface area contributed by atoms with Gasteiger partial charge in [-0.1, -0.05) is 25.6 Å². The summed E-state index contributed by atoms with van der Waals surface area (Å²) in [6.45, 7) is 6.75. The minimum atomic E-state index is -0.318. The quantitative estimate of drug-likeness (QED) is 0.652. The SMILES string of the molecule is CCOc1ccc(NC(=O)C(CC)Sc2nc3c(cc2C#N)CC(C)CC3)cc1. The van der Waals surface area contributed by atoms with E-state index in [1.165, 1.54) is 17.3 Å². The zero-order valence-corrected chi connectivity index (χ0v) is 18.0. The van der Waals surface area contributed by atoms with Gasteiger partial charge in [-0.15, -0.1) is 0 Å². The third-order valence-corrected chi connectivity index (χ3v) is 6.44. The molecular formula is C23H27N3O2S. The summed E-state index contributed by atoms with van der Waals surface area (Å²) in [6, 6.07) is 11.6. The number of aryl methyl sites for hydroxylation is 1. The number of ether oxygens (including phenoxy) is 1. The number of nitrogens with one attached hydrogen (secondary N) is 1. The number of hydrogen-bond acceptors (Lipinski definition) is 5. The van der Waals surface area contributed by atoms with Crippen LogP contribution in [-0.4, -0.2) is 22.7 Å². The van der Waals surface area contributed by atoms with Crippen LogP contribution in [0.15, 0.2) is 35.4 Å². The molecule has 0 aliphatic heterocycles. The van der Waals surface area contributed by atoms with Crippen LogP contribution in [0.5, 0.6) is 5.75 Å². The molecule has 5 nitrogen and oxygen atoms in total. The third kappa shape index (κ3) is 5.30. The number of nitrogens with zero attached hydrogens (tertiary/aromatic N) is 2. The Morgan fingerprint density at radius 3 is 2.79 bits per heavy atom. The average molecular weight is 410 g/mol. The van der Waals surface area contributed by atoms with Crippen LogP contribution in [0.25, 0.3) is 0 Å². The van der Waals surface area contributed by atoms with E-state index in [0.29, 0.717) is 29.5 Å². The van der Waals surface area contributed by atoms with Crippen molar-refractivity contribution in [3.63, 3.8) is 0 Å². The Bertz CT molecular complexity index is 906. The topological polar surface area (TPSA) is 75.0 Å². The summed E-state index contributed by atoms with van der Waals surface area (Å²) >= 11 is 1.38. The van der Waals surface area contributed by atoms with Gasteiger partial charge in [0.1, 0.15) is 16.8 Å². The van der Waals surface area contributed by atoms with Crippen LogP contribution in [0.4, 0.5) is 5.69 Å². The van der Waals surface area contributed by atoms with Gasteiger partial charge in [0.05, 0.1) is 17.4 Å². The molecule has 1 aliphatic carbocycles. The van der Waals surface area contributed by atoms with Gasteiger partial charge in [-0.05, 0) is 74.4 Å². The van der Waals surface area contributed by atoms with E-state index in [9.17, 15) is 10.1 Å². The van der Waals surface area contributed by atoms with E-state index in [1.807, 2.05) is 44.2 Å². The summed E-state index contributed by atoms with van der Waals surface area (Å²) in [4.78, 5) is 17.6. The number of benzene rings is 1. The predicted octanol–water partition coefficient (Wildman–Crippen LogP) is 4.99. The molecule has 1 aliphatic rings. The molecular weight excluding hydrogens is 382 g/mol. The Hall–Kier alpha value is -2.52. The Balaban J connectivity index is 1.73. The monoisotopic (exact) mass is 409 g/mol. The summed E-state index contributed by atoms with van der Waals surface area (Å²) in [5.74, 6) is 1.31. The molecule has 0 saturated heterocycles. The summed E-state index contributed by atoms with van der Waals surface area (Å²) < 4.78 is 5.44. The fourth-order valence-electron chi connectivity index (χ4n) is 3.48. The van der Waals surface area contributed by atoms with Crippen LogP contribution >= 0.6 is 11.8 Å². The van der Waals surface area contributed by atoms with E-state index < -0.39 is 0 Å². The summed E-state index contributed by atoms with van der Waals surface area (Å²) in [5.41, 5.74) is 3.54. The fraction of sp³-hybridized carbons (Fsp3) is 0.435. The summed E-state index contributed by atoms with van der Waals surface area (Å²) in [7, 11) is 0. The summed E-state index contributed by atoms with van der Waals surface area (Å²) in [5, 5.41) is 12.9. The van der Waals surface area contributed by atoms with Gasteiger partial charge < -0.3 is 10.1 Å². The van der Waals surface area contributed by atoms with Crippen molar-refractivity contribution in [3.05, 3.63) is 47.2 Å². The maximum Gasteiger partial charge on any atom is 0.237 e. The highest BCUT2D eigenvalue weighted by molar-refractivity contribution is 8.00. The second-order valence-corrected chi connectivity index (χ2v) is 8.56. The second kappa shape index (κ2) is 9.80. The molecule has 0 fully saturated rings. The lowest BCUT2D eigenvalue weighted by atomic mass is 9.87. The number of carbonyl (C=O) groups excluding carboxylic acids is 1. The zero-order chi connectivity index (χ0) is 20.8. The highest BCUT2D eigenvalue weighted by atomic mass is 32.2. The van der Waals surface area contributed by atoms with Crippen LogP contribution in [0, 0.1) is 17.2 Å². The van der Waals surface area contributed by atoms with Crippen molar-refractivity contribution in [2.24, 2.45) is 5.92 Å². The zero-order valence-electron chi connectivity index (χ0n) is 17.2. The number of nitriles is 1. The molecule has 1 aromatic carbocycles. The van der Waals surface area contributed by atoms with Gasteiger partial charge in [0.2, 0.25) is 5.91 Å². The van der Waals surface area contributed by atoms with Crippen molar-refractivity contribution in [2.75, 3.05) is 11.9 Å². The standard InChI is InChI=1S/C23H27N3O2S/c1-4-21(22(27)25-18-7-9-19(10-8-18)28-5-2)29-23-17(14-24)13-16-12-15(3)6-11-20(16)26-23/h7-10,13,15,21H,4-6,11-12H2,1-3H3,(H,25,27). The first kappa shape index (κ1) is 21.2. The number of anilines is 1. The smallest absolute Gasteiger partial charge is 0.237 e. The van der Waals surface area contributed by atoms with Gasteiger partial charge in [-0.3, -0.25) is 4.79 Å². The van der Waals surface area contributed by atoms with Gasteiger partial charge >= 0.3 is 0 Å². The maximum absolute atomic E-state index is 12.8. The molecule has 1 amide bonds. The molecule has 2 unspecified atom stereocenters. The Morgan fingerprint density at radius 1 is 1.38 bits per heavy atom.